The summed E-state index contributed by atoms with van der Waals surface area (Å²) >= 11 is -2.25. The van der Waals surface area contributed by atoms with Crippen molar-refractivity contribution in [1.29, 1.82) is 0 Å². The Labute approximate surface area is 171 Å². The molecule has 0 unspecified atom stereocenters. The van der Waals surface area contributed by atoms with Gasteiger partial charge in [0.2, 0.25) is 0 Å². The van der Waals surface area contributed by atoms with Crippen LogP contribution in [0.5, 0.6) is 5.75 Å². The van der Waals surface area contributed by atoms with Gasteiger partial charge < -0.3 is 0 Å². The summed E-state index contributed by atoms with van der Waals surface area (Å²) < 4.78 is 19.2. The number of ether oxygens (including phenoxy) is 2. The Kier molecular flexibility index (Phi) is 9.20. The molecule has 0 saturated carbocycles. The molecule has 2 rings (SSSR count). The number of unbranched alkanes of at least 4 members (excludes halogenated alkanes) is 3. The molecule has 0 atom stereocenters. The number of hydrogen-bond acceptors (Lipinski definition) is 2. The Bertz CT molecular complexity index is 585. The van der Waals surface area contributed by atoms with Crippen molar-refractivity contribution in [2.24, 2.45) is 0 Å². The first-order valence-corrected chi connectivity index (χ1v) is 18.8. The Morgan fingerprint density at radius 2 is 1.56 bits per heavy atom. The molecule has 3 heteroatoms. The SMILES string of the molecule is CCC[CH2][Sn](/[CH]=C/c1cccc2c1COC(C)(C)O2)([CH2]CCC)[CH2]CCC. The van der Waals surface area contributed by atoms with Crippen LogP contribution >= 0.6 is 0 Å². The van der Waals surface area contributed by atoms with E-state index >= 15 is 0 Å². The average molecular weight is 479 g/mol. The fraction of sp³-hybridized carbons (Fsp3) is 0.667. The summed E-state index contributed by atoms with van der Waals surface area (Å²) in [5.41, 5.74) is 2.52. The maximum absolute atomic E-state index is 6.05. The van der Waals surface area contributed by atoms with Crippen molar-refractivity contribution in [3.05, 3.63) is 33.4 Å². The van der Waals surface area contributed by atoms with Crippen molar-refractivity contribution in [2.75, 3.05) is 0 Å². The average Bonchev–Trinajstić information content (AvgIpc) is 2.65. The van der Waals surface area contributed by atoms with Crippen molar-refractivity contribution in [3.63, 3.8) is 0 Å². The van der Waals surface area contributed by atoms with Gasteiger partial charge in [0, 0.05) is 0 Å². The van der Waals surface area contributed by atoms with E-state index in [1.54, 1.807) is 0 Å². The predicted molar refractivity (Wildman–Crippen MR) is 120 cm³/mol. The number of hydrogen-bond donors (Lipinski definition) is 0. The molecule has 1 aromatic rings. The molecule has 1 heterocycles. The fourth-order valence-electron chi connectivity index (χ4n) is 4.01. The van der Waals surface area contributed by atoms with Gasteiger partial charge in [0.15, 0.2) is 0 Å². The minimum atomic E-state index is -2.25. The van der Waals surface area contributed by atoms with Crippen molar-refractivity contribution in [1.82, 2.24) is 0 Å². The van der Waals surface area contributed by atoms with Crippen molar-refractivity contribution < 1.29 is 9.47 Å². The van der Waals surface area contributed by atoms with Crippen LogP contribution in [0.15, 0.2) is 22.3 Å². The molecule has 0 bridgehead atoms. The van der Waals surface area contributed by atoms with Crippen LogP contribution in [0.3, 0.4) is 0 Å². The quantitative estimate of drug-likeness (QED) is 0.303. The molecule has 1 aromatic carbocycles. The second-order valence-corrected chi connectivity index (χ2v) is 21.6. The van der Waals surface area contributed by atoms with E-state index in [2.05, 4.69) is 49.1 Å². The van der Waals surface area contributed by atoms with Gasteiger partial charge in [-0.2, -0.15) is 0 Å². The Morgan fingerprint density at radius 1 is 0.963 bits per heavy atom. The van der Waals surface area contributed by atoms with Crippen molar-refractivity contribution >= 4 is 24.5 Å². The molecule has 1 aliphatic heterocycles. The molecule has 0 N–H and O–H groups in total. The summed E-state index contributed by atoms with van der Waals surface area (Å²) in [6.45, 7) is 11.6. The zero-order valence-electron chi connectivity index (χ0n) is 18.3. The van der Waals surface area contributed by atoms with E-state index < -0.39 is 24.2 Å². The molecule has 0 radical (unpaired) electrons. The maximum atomic E-state index is 6.05. The van der Waals surface area contributed by atoms with Gasteiger partial charge >= 0.3 is 172 Å². The standard InChI is InChI=1S/C12H13O2.3C4H9.Sn/c1-4-9-6-5-7-11-10(9)8-13-12(2,3)14-11;3*1-3-4-2;/h1,4-7H,8H2,2-3H3;3*1,3-4H2,2H3;. The summed E-state index contributed by atoms with van der Waals surface area (Å²) in [7, 11) is 0. The van der Waals surface area contributed by atoms with E-state index in [-0.39, 0.29) is 0 Å². The first-order valence-electron chi connectivity index (χ1n) is 11.1. The second kappa shape index (κ2) is 10.9. The van der Waals surface area contributed by atoms with Gasteiger partial charge in [-0.05, 0) is 0 Å². The zero-order chi connectivity index (χ0) is 19.8. The van der Waals surface area contributed by atoms with Gasteiger partial charge in [-0.1, -0.05) is 0 Å². The molecule has 0 amide bonds. The van der Waals surface area contributed by atoms with Gasteiger partial charge in [-0.25, -0.2) is 0 Å². The van der Waals surface area contributed by atoms with Gasteiger partial charge in [0.05, 0.1) is 0 Å². The molecule has 0 fully saturated rings. The molecule has 0 spiro atoms. The van der Waals surface area contributed by atoms with Gasteiger partial charge in [-0.15, -0.1) is 0 Å². The summed E-state index contributed by atoms with van der Waals surface area (Å²) in [5.74, 6) is 0.465. The van der Waals surface area contributed by atoms with E-state index in [4.69, 9.17) is 9.47 Å². The van der Waals surface area contributed by atoms with E-state index in [9.17, 15) is 0 Å². The first-order chi connectivity index (χ1) is 13.0. The molecule has 0 saturated heterocycles. The number of benzene rings is 1. The first kappa shape index (κ1) is 22.8. The van der Waals surface area contributed by atoms with Crippen LogP contribution in [0.4, 0.5) is 0 Å². The Balaban J connectivity index is 2.28. The van der Waals surface area contributed by atoms with Crippen molar-refractivity contribution in [3.8, 4) is 5.75 Å². The third-order valence-corrected chi connectivity index (χ3v) is 19.8. The summed E-state index contributed by atoms with van der Waals surface area (Å²) in [4.78, 5) is 0. The summed E-state index contributed by atoms with van der Waals surface area (Å²) in [6.07, 6.45) is 10.6. The summed E-state index contributed by atoms with van der Waals surface area (Å²) in [6, 6.07) is 6.44. The normalized spacial score (nSPS) is 16.3. The van der Waals surface area contributed by atoms with E-state index in [0.717, 1.165) is 5.75 Å². The van der Waals surface area contributed by atoms with Crippen LogP contribution in [0, 0.1) is 0 Å². The third kappa shape index (κ3) is 6.81. The Hall–Kier alpha value is -0.481. The topological polar surface area (TPSA) is 18.5 Å². The van der Waals surface area contributed by atoms with Crippen LogP contribution in [0.25, 0.3) is 6.08 Å². The van der Waals surface area contributed by atoms with E-state index in [1.807, 2.05) is 13.8 Å². The molecule has 0 aliphatic carbocycles. The molecule has 2 nitrogen and oxygen atoms in total. The molecular weight excluding hydrogens is 439 g/mol. The third-order valence-electron chi connectivity index (χ3n) is 5.79. The zero-order valence-corrected chi connectivity index (χ0v) is 21.1. The van der Waals surface area contributed by atoms with Gasteiger partial charge in [0.1, 0.15) is 0 Å². The van der Waals surface area contributed by atoms with Crippen molar-refractivity contribution in [2.45, 2.75) is 98.8 Å². The number of fused-ring (bicyclic) bond motifs is 1. The Morgan fingerprint density at radius 3 is 2.11 bits per heavy atom. The van der Waals surface area contributed by atoms with Crippen LogP contribution in [0.1, 0.15) is 84.3 Å². The van der Waals surface area contributed by atoms with Crippen LogP contribution in [-0.4, -0.2) is 24.2 Å². The predicted octanol–water partition coefficient (Wildman–Crippen LogP) is 7.73. The van der Waals surface area contributed by atoms with Crippen LogP contribution in [-0.2, 0) is 11.3 Å². The monoisotopic (exact) mass is 480 g/mol. The van der Waals surface area contributed by atoms with E-state index in [1.165, 1.54) is 63.0 Å². The molecular formula is C24H40O2Sn. The molecule has 0 aromatic heterocycles. The fourth-order valence-corrected chi connectivity index (χ4v) is 18.2. The van der Waals surface area contributed by atoms with Gasteiger partial charge in [0.25, 0.3) is 0 Å². The minimum absolute atomic E-state index is 0.526. The van der Waals surface area contributed by atoms with E-state index in [0.29, 0.717) is 6.61 Å². The molecule has 1 aliphatic rings. The second-order valence-electron chi connectivity index (χ2n) is 8.62. The summed E-state index contributed by atoms with van der Waals surface area (Å²) in [5, 5.41) is 0. The molecule has 152 valence electrons. The van der Waals surface area contributed by atoms with Gasteiger partial charge in [-0.3, -0.25) is 0 Å². The number of rotatable bonds is 11. The van der Waals surface area contributed by atoms with Crippen LogP contribution < -0.4 is 4.74 Å². The van der Waals surface area contributed by atoms with Crippen LogP contribution in [0.2, 0.25) is 13.3 Å². The molecule has 27 heavy (non-hydrogen) atoms.